The van der Waals surface area contributed by atoms with Crippen molar-refractivity contribution >= 4 is 34.9 Å². The Morgan fingerprint density at radius 3 is 2.50 bits per heavy atom. The van der Waals surface area contributed by atoms with Crippen LogP contribution >= 0.6 is 34.9 Å². The molecule has 2 rings (SSSR count). The Bertz CT molecular complexity index is 545. The van der Waals surface area contributed by atoms with E-state index in [-0.39, 0.29) is 5.54 Å². The predicted molar refractivity (Wildman–Crippen MR) is 86.6 cm³/mol. The maximum Gasteiger partial charge on any atom is 0.181 e. The summed E-state index contributed by atoms with van der Waals surface area (Å²) in [6, 6.07) is 4.13. The molecule has 0 bridgehead atoms. The molecule has 0 atom stereocenters. The zero-order valence-electron chi connectivity index (χ0n) is 12.0. The molecule has 0 aliphatic heterocycles. The van der Waals surface area contributed by atoms with Gasteiger partial charge >= 0.3 is 0 Å². The van der Waals surface area contributed by atoms with E-state index < -0.39 is 0 Å². The monoisotopic (exact) mass is 326 g/mol. The molecule has 0 aliphatic rings. The van der Waals surface area contributed by atoms with Gasteiger partial charge in [0.25, 0.3) is 0 Å². The Labute approximate surface area is 132 Å². The summed E-state index contributed by atoms with van der Waals surface area (Å²) in [5, 5.41) is 12.6. The summed E-state index contributed by atoms with van der Waals surface area (Å²) >= 11 is 4.77. The summed E-state index contributed by atoms with van der Waals surface area (Å²) < 4.78 is 1.92. The molecule has 2 aromatic rings. The van der Waals surface area contributed by atoms with Gasteiger partial charge in [-0.1, -0.05) is 29.2 Å². The van der Waals surface area contributed by atoms with Crippen molar-refractivity contribution in [2.75, 3.05) is 6.26 Å². The second-order valence-corrected chi connectivity index (χ2v) is 8.55. The van der Waals surface area contributed by atoms with Gasteiger partial charge in [-0.05, 0) is 50.4 Å². The van der Waals surface area contributed by atoms with Crippen LogP contribution in [0.4, 0.5) is 0 Å². The molecule has 7 heteroatoms. The molecule has 2 aromatic heterocycles. The molecular weight excluding hydrogens is 308 g/mol. The van der Waals surface area contributed by atoms with Gasteiger partial charge in [0, 0.05) is 18.3 Å². The van der Waals surface area contributed by atoms with Gasteiger partial charge in [-0.25, -0.2) is 4.98 Å². The molecule has 0 fully saturated rings. The molecule has 0 unspecified atom stereocenters. The minimum atomic E-state index is 0.119. The van der Waals surface area contributed by atoms with Crippen molar-refractivity contribution in [2.45, 2.75) is 46.6 Å². The SMILES string of the molecule is CSc1nnc(Sc2ccc(CNC(C)(C)C)cn2)s1. The number of thioether (sulfide) groups is 1. The zero-order valence-corrected chi connectivity index (χ0v) is 14.5. The van der Waals surface area contributed by atoms with Crippen LogP contribution in [-0.4, -0.2) is 27.0 Å². The molecule has 0 spiro atoms. The lowest BCUT2D eigenvalue weighted by Gasteiger charge is -2.20. The Balaban J connectivity index is 1.94. The van der Waals surface area contributed by atoms with Gasteiger partial charge in [-0.2, -0.15) is 0 Å². The first-order valence-corrected chi connectivity index (χ1v) is 9.07. The van der Waals surface area contributed by atoms with Crippen molar-refractivity contribution < 1.29 is 0 Å². The Morgan fingerprint density at radius 2 is 1.95 bits per heavy atom. The molecule has 1 N–H and O–H groups in total. The third-order valence-electron chi connectivity index (χ3n) is 2.37. The van der Waals surface area contributed by atoms with E-state index in [1.807, 2.05) is 18.5 Å². The molecule has 20 heavy (non-hydrogen) atoms. The van der Waals surface area contributed by atoms with Crippen LogP contribution in [-0.2, 0) is 6.54 Å². The number of hydrogen-bond donors (Lipinski definition) is 1. The fraction of sp³-hybridized carbons (Fsp3) is 0.462. The van der Waals surface area contributed by atoms with Gasteiger partial charge in [0.2, 0.25) is 0 Å². The fourth-order valence-electron chi connectivity index (χ4n) is 1.35. The fourth-order valence-corrected chi connectivity index (χ4v) is 3.68. The Morgan fingerprint density at radius 1 is 1.20 bits per heavy atom. The lowest BCUT2D eigenvalue weighted by atomic mass is 10.1. The molecular formula is C13H18N4S3. The van der Waals surface area contributed by atoms with Crippen LogP contribution in [0, 0.1) is 0 Å². The lowest BCUT2D eigenvalue weighted by Crippen LogP contribution is -2.35. The average Bonchev–Trinajstić information content (AvgIpc) is 2.85. The van der Waals surface area contributed by atoms with Gasteiger partial charge in [0.1, 0.15) is 5.03 Å². The summed E-state index contributed by atoms with van der Waals surface area (Å²) in [4.78, 5) is 4.46. The smallest absolute Gasteiger partial charge is 0.181 e. The van der Waals surface area contributed by atoms with E-state index in [0.717, 1.165) is 20.3 Å². The van der Waals surface area contributed by atoms with E-state index >= 15 is 0 Å². The first-order valence-electron chi connectivity index (χ1n) is 6.21. The minimum absolute atomic E-state index is 0.119. The molecule has 0 aliphatic carbocycles. The largest absolute Gasteiger partial charge is 0.308 e. The van der Waals surface area contributed by atoms with E-state index in [1.165, 1.54) is 5.56 Å². The van der Waals surface area contributed by atoms with Crippen molar-refractivity contribution in [2.24, 2.45) is 0 Å². The van der Waals surface area contributed by atoms with Crippen molar-refractivity contribution in [3.8, 4) is 0 Å². The molecule has 4 nitrogen and oxygen atoms in total. The zero-order chi connectivity index (χ0) is 14.6. The van der Waals surface area contributed by atoms with Crippen molar-refractivity contribution in [1.82, 2.24) is 20.5 Å². The highest BCUT2D eigenvalue weighted by molar-refractivity contribution is 8.02. The van der Waals surface area contributed by atoms with Crippen LogP contribution in [0.2, 0.25) is 0 Å². The number of rotatable bonds is 5. The molecule has 2 heterocycles. The van der Waals surface area contributed by atoms with Crippen LogP contribution in [0.5, 0.6) is 0 Å². The molecule has 0 radical (unpaired) electrons. The third-order valence-corrected chi connectivity index (χ3v) is 5.28. The molecule has 0 amide bonds. The topological polar surface area (TPSA) is 50.7 Å². The van der Waals surface area contributed by atoms with E-state index in [0.29, 0.717) is 0 Å². The minimum Gasteiger partial charge on any atom is -0.308 e. The summed E-state index contributed by atoms with van der Waals surface area (Å²) in [5.74, 6) is 0. The average molecular weight is 327 g/mol. The van der Waals surface area contributed by atoms with Crippen molar-refractivity contribution in [1.29, 1.82) is 0 Å². The first-order chi connectivity index (χ1) is 9.46. The maximum atomic E-state index is 4.46. The molecule has 108 valence electrons. The van der Waals surface area contributed by atoms with Crippen LogP contribution in [0.15, 0.2) is 32.0 Å². The summed E-state index contributed by atoms with van der Waals surface area (Å²) in [7, 11) is 0. The maximum absolute atomic E-state index is 4.46. The van der Waals surface area contributed by atoms with Crippen LogP contribution in [0.25, 0.3) is 0 Å². The van der Waals surface area contributed by atoms with Crippen LogP contribution in [0.3, 0.4) is 0 Å². The normalized spacial score (nSPS) is 11.8. The number of pyridine rings is 1. The van der Waals surface area contributed by atoms with E-state index in [1.54, 1.807) is 34.9 Å². The standard InChI is InChI=1S/C13H18N4S3/c1-13(2,3)15-8-9-5-6-10(14-7-9)19-12-17-16-11(18-4)20-12/h5-7,15H,8H2,1-4H3. The van der Waals surface area contributed by atoms with Gasteiger partial charge in [0.15, 0.2) is 8.68 Å². The summed E-state index contributed by atoms with van der Waals surface area (Å²) in [6.45, 7) is 7.30. The summed E-state index contributed by atoms with van der Waals surface area (Å²) in [5.41, 5.74) is 1.31. The van der Waals surface area contributed by atoms with Crippen molar-refractivity contribution in [3.63, 3.8) is 0 Å². The third kappa shape index (κ3) is 5.05. The number of aromatic nitrogens is 3. The second kappa shape index (κ2) is 6.89. The number of nitrogens with zero attached hydrogens (tertiary/aromatic N) is 3. The Kier molecular flexibility index (Phi) is 5.42. The van der Waals surface area contributed by atoms with Crippen LogP contribution < -0.4 is 5.32 Å². The first kappa shape index (κ1) is 15.8. The van der Waals surface area contributed by atoms with Crippen LogP contribution in [0.1, 0.15) is 26.3 Å². The van der Waals surface area contributed by atoms with E-state index in [9.17, 15) is 0 Å². The second-order valence-electron chi connectivity index (χ2n) is 5.25. The van der Waals surface area contributed by atoms with Crippen molar-refractivity contribution in [3.05, 3.63) is 23.9 Å². The highest BCUT2D eigenvalue weighted by Crippen LogP contribution is 2.31. The molecule has 0 saturated heterocycles. The lowest BCUT2D eigenvalue weighted by molar-refractivity contribution is 0.424. The van der Waals surface area contributed by atoms with Gasteiger partial charge in [0.05, 0.1) is 0 Å². The van der Waals surface area contributed by atoms with E-state index in [2.05, 4.69) is 47.3 Å². The number of hydrogen-bond acceptors (Lipinski definition) is 7. The highest BCUT2D eigenvalue weighted by atomic mass is 32.2. The van der Waals surface area contributed by atoms with Gasteiger partial charge in [-0.15, -0.1) is 10.2 Å². The van der Waals surface area contributed by atoms with Gasteiger partial charge in [-0.3, -0.25) is 0 Å². The molecule has 0 aromatic carbocycles. The van der Waals surface area contributed by atoms with Gasteiger partial charge < -0.3 is 5.32 Å². The summed E-state index contributed by atoms with van der Waals surface area (Å²) in [6.07, 6.45) is 3.92. The highest BCUT2D eigenvalue weighted by Gasteiger charge is 2.09. The predicted octanol–water partition coefficient (Wildman–Crippen LogP) is 3.69. The molecule has 0 saturated carbocycles. The van der Waals surface area contributed by atoms with E-state index in [4.69, 9.17) is 0 Å². The number of nitrogens with one attached hydrogen (secondary N) is 1. The quantitative estimate of drug-likeness (QED) is 0.846. The Hall–Kier alpha value is -0.630.